The molecule has 0 amide bonds. The second kappa shape index (κ2) is 5.84. The van der Waals surface area contributed by atoms with E-state index in [-0.39, 0.29) is 18.0 Å². The second-order valence-electron chi connectivity index (χ2n) is 3.10. The van der Waals surface area contributed by atoms with Crippen LogP contribution in [0, 0.1) is 0 Å². The molecule has 0 bridgehead atoms. The van der Waals surface area contributed by atoms with Crippen molar-refractivity contribution in [2.45, 2.75) is 18.6 Å². The van der Waals surface area contributed by atoms with Gasteiger partial charge in [-0.3, -0.25) is 0 Å². The van der Waals surface area contributed by atoms with E-state index in [1.165, 1.54) is 0 Å². The van der Waals surface area contributed by atoms with E-state index in [9.17, 15) is 22.0 Å². The summed E-state index contributed by atoms with van der Waals surface area (Å²) in [5.74, 6) is 0. The molecule has 1 aromatic rings. The molecule has 0 saturated carbocycles. The number of benzene rings is 1. The molecule has 0 heterocycles. The van der Waals surface area contributed by atoms with Gasteiger partial charge in [-0.2, -0.15) is 13.2 Å². The van der Waals surface area contributed by atoms with E-state index in [2.05, 4.69) is 0 Å². The Kier molecular flexibility index (Phi) is 5.64. The lowest BCUT2D eigenvalue weighted by molar-refractivity contribution is -0.137. The van der Waals surface area contributed by atoms with Crippen molar-refractivity contribution >= 4 is 24.0 Å². The minimum absolute atomic E-state index is 0. The van der Waals surface area contributed by atoms with Crippen molar-refractivity contribution in [3.63, 3.8) is 0 Å². The van der Waals surface area contributed by atoms with Gasteiger partial charge in [0, 0.05) is 0 Å². The van der Waals surface area contributed by atoms with Crippen LogP contribution in [0.3, 0.4) is 0 Å². The maximum absolute atomic E-state index is 12.4. The van der Waals surface area contributed by atoms with E-state index in [1.807, 2.05) is 0 Å². The number of alkyl halides is 5. The first-order chi connectivity index (χ1) is 7.23. The molecule has 17 heavy (non-hydrogen) atoms. The first-order valence-corrected chi connectivity index (χ1v) is 4.51. The molecule has 1 rings (SSSR count). The van der Waals surface area contributed by atoms with Crippen LogP contribution in [0.15, 0.2) is 18.2 Å². The van der Waals surface area contributed by atoms with Crippen LogP contribution >= 0.6 is 24.0 Å². The Bertz CT molecular complexity index is 380. The Balaban J connectivity index is 0.00000256. The summed E-state index contributed by atoms with van der Waals surface area (Å²) < 4.78 is 61.5. The minimum Gasteiger partial charge on any atom is -0.319 e. The Morgan fingerprint density at radius 3 is 2.12 bits per heavy atom. The number of nitrogens with two attached hydrogens (primary N) is 1. The lowest BCUT2D eigenvalue weighted by Crippen LogP contribution is -2.19. The van der Waals surface area contributed by atoms with Crippen molar-refractivity contribution in [3.05, 3.63) is 34.3 Å². The summed E-state index contributed by atoms with van der Waals surface area (Å²) >= 11 is 5.32. The third-order valence-electron chi connectivity index (χ3n) is 1.95. The molecule has 0 aromatic heterocycles. The molecular formula is C9H8Cl2F5N. The van der Waals surface area contributed by atoms with Gasteiger partial charge in [0.2, 0.25) is 0 Å². The SMILES string of the molecule is Cl.N[C@H](c1ccc(Cl)c(C(F)(F)F)c1)C(F)F. The monoisotopic (exact) mass is 295 g/mol. The predicted octanol–water partition coefficient (Wildman–Crippen LogP) is 4.05. The summed E-state index contributed by atoms with van der Waals surface area (Å²) in [5.41, 5.74) is 3.58. The summed E-state index contributed by atoms with van der Waals surface area (Å²) in [6, 6.07) is 0.744. The highest BCUT2D eigenvalue weighted by molar-refractivity contribution is 6.31. The van der Waals surface area contributed by atoms with Crippen molar-refractivity contribution in [3.8, 4) is 0 Å². The van der Waals surface area contributed by atoms with Crippen LogP contribution < -0.4 is 5.73 Å². The van der Waals surface area contributed by atoms with Gasteiger partial charge in [-0.25, -0.2) is 8.78 Å². The molecule has 0 spiro atoms. The Morgan fingerprint density at radius 2 is 1.71 bits per heavy atom. The van der Waals surface area contributed by atoms with E-state index in [0.717, 1.165) is 12.1 Å². The van der Waals surface area contributed by atoms with Gasteiger partial charge in [0.1, 0.15) is 0 Å². The van der Waals surface area contributed by atoms with Gasteiger partial charge in [-0.1, -0.05) is 17.7 Å². The highest BCUT2D eigenvalue weighted by Crippen LogP contribution is 2.36. The van der Waals surface area contributed by atoms with E-state index < -0.39 is 29.2 Å². The summed E-state index contributed by atoms with van der Waals surface area (Å²) in [6.45, 7) is 0. The summed E-state index contributed by atoms with van der Waals surface area (Å²) in [4.78, 5) is 0. The largest absolute Gasteiger partial charge is 0.417 e. The number of hydrogen-bond donors (Lipinski definition) is 1. The Labute approximate surface area is 105 Å². The fourth-order valence-corrected chi connectivity index (χ4v) is 1.34. The van der Waals surface area contributed by atoms with E-state index in [4.69, 9.17) is 17.3 Å². The van der Waals surface area contributed by atoms with Gasteiger partial charge >= 0.3 is 6.18 Å². The molecule has 0 aliphatic heterocycles. The molecule has 2 N–H and O–H groups in total. The molecule has 1 atom stereocenters. The Hall–Kier alpha value is -0.590. The van der Waals surface area contributed by atoms with Gasteiger partial charge in [0.25, 0.3) is 6.43 Å². The maximum Gasteiger partial charge on any atom is 0.417 e. The fourth-order valence-electron chi connectivity index (χ4n) is 1.11. The van der Waals surface area contributed by atoms with Crippen LogP contribution in [-0.2, 0) is 6.18 Å². The van der Waals surface area contributed by atoms with Gasteiger partial charge < -0.3 is 5.73 Å². The lowest BCUT2D eigenvalue weighted by Gasteiger charge is -2.14. The first kappa shape index (κ1) is 16.4. The maximum atomic E-state index is 12.4. The molecule has 98 valence electrons. The van der Waals surface area contributed by atoms with Crippen LogP contribution in [0.25, 0.3) is 0 Å². The Morgan fingerprint density at radius 1 is 1.18 bits per heavy atom. The zero-order chi connectivity index (χ0) is 12.5. The topological polar surface area (TPSA) is 26.0 Å². The van der Waals surface area contributed by atoms with Crippen molar-refractivity contribution in [2.75, 3.05) is 0 Å². The number of rotatable bonds is 2. The highest BCUT2D eigenvalue weighted by atomic mass is 35.5. The molecule has 0 unspecified atom stereocenters. The number of halogens is 7. The summed E-state index contributed by atoms with van der Waals surface area (Å²) in [7, 11) is 0. The standard InChI is InChI=1S/C9H7ClF5N.ClH/c10-6-2-1-4(7(16)8(11)12)3-5(6)9(13,14)15;/h1-3,7-8H,16H2;1H/t7-;/m1./s1. The summed E-state index contributed by atoms with van der Waals surface area (Å²) in [5, 5.41) is -0.544. The fraction of sp³-hybridized carbons (Fsp3) is 0.333. The van der Waals surface area contributed by atoms with Crippen LogP contribution in [0.2, 0.25) is 5.02 Å². The quantitative estimate of drug-likeness (QED) is 0.819. The normalized spacial score (nSPS) is 13.4. The van der Waals surface area contributed by atoms with Crippen LogP contribution in [-0.4, -0.2) is 6.43 Å². The van der Waals surface area contributed by atoms with Crippen LogP contribution in [0.5, 0.6) is 0 Å². The van der Waals surface area contributed by atoms with Gasteiger partial charge in [0.05, 0.1) is 16.6 Å². The minimum atomic E-state index is -4.69. The van der Waals surface area contributed by atoms with Crippen molar-refractivity contribution in [1.82, 2.24) is 0 Å². The molecule has 1 nitrogen and oxygen atoms in total. The molecule has 8 heteroatoms. The van der Waals surface area contributed by atoms with Crippen molar-refractivity contribution in [2.24, 2.45) is 5.73 Å². The van der Waals surface area contributed by atoms with Crippen LogP contribution in [0.1, 0.15) is 17.2 Å². The molecule has 0 aliphatic carbocycles. The first-order valence-electron chi connectivity index (χ1n) is 4.14. The molecular weight excluding hydrogens is 288 g/mol. The summed E-state index contributed by atoms with van der Waals surface area (Å²) in [6.07, 6.45) is -7.61. The van der Waals surface area contributed by atoms with Crippen LogP contribution in [0.4, 0.5) is 22.0 Å². The molecule has 0 aliphatic rings. The highest BCUT2D eigenvalue weighted by Gasteiger charge is 2.34. The lowest BCUT2D eigenvalue weighted by atomic mass is 10.0. The zero-order valence-corrected chi connectivity index (χ0v) is 9.71. The molecule has 0 radical (unpaired) electrons. The predicted molar refractivity (Wildman–Crippen MR) is 56.6 cm³/mol. The average molecular weight is 296 g/mol. The number of hydrogen-bond acceptors (Lipinski definition) is 1. The van der Waals surface area contributed by atoms with Gasteiger partial charge in [-0.15, -0.1) is 12.4 Å². The molecule has 1 aromatic carbocycles. The molecule has 0 fully saturated rings. The molecule has 0 saturated heterocycles. The van der Waals surface area contributed by atoms with E-state index in [0.29, 0.717) is 6.07 Å². The smallest absolute Gasteiger partial charge is 0.319 e. The zero-order valence-electron chi connectivity index (χ0n) is 8.14. The average Bonchev–Trinajstić information content (AvgIpc) is 2.15. The van der Waals surface area contributed by atoms with Crippen molar-refractivity contribution in [1.29, 1.82) is 0 Å². The second-order valence-corrected chi connectivity index (χ2v) is 3.50. The third-order valence-corrected chi connectivity index (χ3v) is 2.28. The van der Waals surface area contributed by atoms with Crippen molar-refractivity contribution < 1.29 is 22.0 Å². The van der Waals surface area contributed by atoms with E-state index in [1.54, 1.807) is 0 Å². The van der Waals surface area contributed by atoms with Gasteiger partial charge in [0.15, 0.2) is 0 Å². The third kappa shape index (κ3) is 3.97. The van der Waals surface area contributed by atoms with Gasteiger partial charge in [-0.05, 0) is 17.7 Å². The van der Waals surface area contributed by atoms with E-state index >= 15 is 0 Å².